The Morgan fingerprint density at radius 2 is 1.97 bits per heavy atom. The van der Waals surface area contributed by atoms with Gasteiger partial charge in [0.05, 0.1) is 32.4 Å². The maximum atomic E-state index is 13.3. The van der Waals surface area contributed by atoms with Crippen molar-refractivity contribution in [3.05, 3.63) is 58.7 Å². The average Bonchev–Trinajstić information content (AvgIpc) is 3.10. The number of likely N-dealkylation sites (tertiary alicyclic amines) is 1. The number of carbonyl (C=O) groups excluding carboxylic acids is 2. The van der Waals surface area contributed by atoms with E-state index in [0.717, 1.165) is 24.2 Å². The minimum atomic E-state index is -0.822. The second-order valence-corrected chi connectivity index (χ2v) is 8.65. The van der Waals surface area contributed by atoms with Crippen molar-refractivity contribution in [3.8, 4) is 17.2 Å². The molecule has 1 fully saturated rings. The summed E-state index contributed by atoms with van der Waals surface area (Å²) in [6, 6.07) is 9.83. The molecule has 8 heteroatoms. The van der Waals surface area contributed by atoms with Gasteiger partial charge in [0, 0.05) is 24.2 Å². The van der Waals surface area contributed by atoms with Gasteiger partial charge < -0.3 is 29.1 Å². The molecule has 34 heavy (non-hydrogen) atoms. The molecule has 2 aromatic rings. The Bertz CT molecular complexity index is 1140. The van der Waals surface area contributed by atoms with Crippen molar-refractivity contribution in [3.63, 3.8) is 0 Å². The zero-order chi connectivity index (χ0) is 24.4. The monoisotopic (exact) mass is 466 g/mol. The Morgan fingerprint density at radius 3 is 2.68 bits per heavy atom. The predicted molar refractivity (Wildman–Crippen MR) is 127 cm³/mol. The summed E-state index contributed by atoms with van der Waals surface area (Å²) in [5, 5.41) is 11.4. The number of rotatable bonds is 7. The Kier molecular flexibility index (Phi) is 6.79. The zero-order valence-electron chi connectivity index (χ0n) is 20.0. The Hall–Kier alpha value is -3.52. The molecule has 0 aromatic heterocycles. The molecule has 4 rings (SSSR count). The second-order valence-electron chi connectivity index (χ2n) is 8.65. The second kappa shape index (κ2) is 9.77. The van der Waals surface area contributed by atoms with E-state index in [1.165, 1.54) is 19.1 Å². The molecule has 1 atom stereocenters. The molecule has 0 bridgehead atoms. The number of fused-ring (bicyclic) bond motifs is 1. The number of aliphatic hydroxyl groups is 1. The van der Waals surface area contributed by atoms with Crippen LogP contribution in [0.1, 0.15) is 29.2 Å². The van der Waals surface area contributed by atoms with Gasteiger partial charge >= 0.3 is 0 Å². The lowest BCUT2D eigenvalue weighted by Crippen LogP contribution is -2.35. The smallest absolute Gasteiger partial charge is 0.295 e. The Labute approximate surface area is 199 Å². The number of para-hydroxylation sites is 1. The summed E-state index contributed by atoms with van der Waals surface area (Å²) >= 11 is 0. The number of ether oxygens (including phenoxy) is 3. The van der Waals surface area contributed by atoms with E-state index in [1.807, 2.05) is 25.1 Å². The highest BCUT2D eigenvalue weighted by Gasteiger charge is 2.47. The highest BCUT2D eigenvalue weighted by atomic mass is 16.5. The fourth-order valence-corrected chi connectivity index (χ4v) is 4.53. The number of nitrogens with zero attached hydrogens (tertiary/aromatic N) is 2. The number of Topliss-reactive ketones (excluding diaryl/α,β-unsaturated/α-hetero) is 1. The van der Waals surface area contributed by atoms with E-state index in [2.05, 4.69) is 0 Å². The van der Waals surface area contributed by atoms with Crippen LogP contribution in [0, 0.1) is 0 Å². The average molecular weight is 467 g/mol. The first-order valence-corrected chi connectivity index (χ1v) is 11.3. The van der Waals surface area contributed by atoms with Crippen LogP contribution in [0.4, 0.5) is 0 Å². The summed E-state index contributed by atoms with van der Waals surface area (Å²) in [6.07, 6.45) is 1.70. The number of aliphatic hydroxyl groups excluding tert-OH is 1. The molecule has 2 aliphatic heterocycles. The standard InChI is InChI=1S/C26H30N2O6/c1-27(2)12-13-28-22(18-8-5-9-20(32-3)25(18)33-4)21(24(30)26(28)31)23(29)17-10-11-19-16(15-17)7-6-14-34-19/h5,8-11,15,22,29H,6-7,12-14H2,1-4H3/b23-21+. The van der Waals surface area contributed by atoms with Crippen LogP contribution in [-0.2, 0) is 16.0 Å². The van der Waals surface area contributed by atoms with Gasteiger partial charge in [-0.3, -0.25) is 9.59 Å². The quantitative estimate of drug-likeness (QED) is 0.381. The van der Waals surface area contributed by atoms with E-state index in [1.54, 1.807) is 30.3 Å². The molecule has 2 aromatic carbocycles. The number of likely N-dealkylation sites (N-methyl/N-ethyl adjacent to an activating group) is 1. The highest BCUT2D eigenvalue weighted by Crippen LogP contribution is 2.45. The van der Waals surface area contributed by atoms with Gasteiger partial charge in [0.2, 0.25) is 0 Å². The van der Waals surface area contributed by atoms with Crippen LogP contribution in [-0.4, -0.2) is 74.6 Å². The van der Waals surface area contributed by atoms with E-state index in [-0.39, 0.29) is 11.3 Å². The SMILES string of the molecule is COc1cccc(C2/C(=C(\O)c3ccc4c(c3)CCCO4)C(=O)C(=O)N2CCN(C)C)c1OC. The Balaban J connectivity index is 1.89. The third-order valence-corrected chi connectivity index (χ3v) is 6.24. The van der Waals surface area contributed by atoms with E-state index in [0.29, 0.717) is 42.3 Å². The molecular weight excluding hydrogens is 436 g/mol. The Morgan fingerprint density at radius 1 is 1.18 bits per heavy atom. The summed E-state index contributed by atoms with van der Waals surface area (Å²) in [4.78, 5) is 29.9. The van der Waals surface area contributed by atoms with Crippen molar-refractivity contribution >= 4 is 17.4 Å². The van der Waals surface area contributed by atoms with Gasteiger partial charge in [0.25, 0.3) is 11.7 Å². The van der Waals surface area contributed by atoms with Crippen LogP contribution < -0.4 is 14.2 Å². The van der Waals surface area contributed by atoms with Crippen molar-refractivity contribution in [2.75, 3.05) is 48.0 Å². The lowest BCUT2D eigenvalue weighted by atomic mass is 9.93. The fourth-order valence-electron chi connectivity index (χ4n) is 4.53. The summed E-state index contributed by atoms with van der Waals surface area (Å²) in [7, 11) is 6.83. The number of aryl methyl sites for hydroxylation is 1. The number of ketones is 1. The lowest BCUT2D eigenvalue weighted by Gasteiger charge is -2.28. The third kappa shape index (κ3) is 4.21. The number of carbonyl (C=O) groups is 2. The van der Waals surface area contributed by atoms with Gasteiger partial charge in [-0.1, -0.05) is 12.1 Å². The molecule has 0 spiro atoms. The van der Waals surface area contributed by atoms with Crippen LogP contribution in [0.25, 0.3) is 5.76 Å². The number of methoxy groups -OCH3 is 2. The molecule has 0 radical (unpaired) electrons. The first-order chi connectivity index (χ1) is 16.4. The highest BCUT2D eigenvalue weighted by molar-refractivity contribution is 6.46. The summed E-state index contributed by atoms with van der Waals surface area (Å²) in [5.74, 6) is 0.0782. The van der Waals surface area contributed by atoms with Crippen molar-refractivity contribution in [2.24, 2.45) is 0 Å². The van der Waals surface area contributed by atoms with Crippen molar-refractivity contribution in [1.82, 2.24) is 9.80 Å². The lowest BCUT2D eigenvalue weighted by molar-refractivity contribution is -0.140. The molecule has 0 saturated carbocycles. The van der Waals surface area contributed by atoms with Crippen molar-refractivity contribution in [2.45, 2.75) is 18.9 Å². The minimum absolute atomic E-state index is 0.0342. The van der Waals surface area contributed by atoms with Crippen LogP contribution in [0.3, 0.4) is 0 Å². The normalized spacial score (nSPS) is 19.2. The molecule has 1 saturated heterocycles. The molecule has 0 aliphatic carbocycles. The largest absolute Gasteiger partial charge is 0.507 e. The minimum Gasteiger partial charge on any atom is -0.507 e. The van der Waals surface area contributed by atoms with Crippen LogP contribution in [0.5, 0.6) is 17.2 Å². The van der Waals surface area contributed by atoms with Gasteiger partial charge in [-0.25, -0.2) is 0 Å². The zero-order valence-corrected chi connectivity index (χ0v) is 20.0. The van der Waals surface area contributed by atoms with Crippen LogP contribution in [0.15, 0.2) is 42.0 Å². The molecule has 2 heterocycles. The molecule has 1 amide bonds. The maximum absolute atomic E-state index is 13.3. The third-order valence-electron chi connectivity index (χ3n) is 6.24. The van der Waals surface area contributed by atoms with Gasteiger partial charge in [0.1, 0.15) is 11.5 Å². The molecule has 1 unspecified atom stereocenters. The van der Waals surface area contributed by atoms with Gasteiger partial charge in [0.15, 0.2) is 11.5 Å². The van der Waals surface area contributed by atoms with E-state index in [9.17, 15) is 14.7 Å². The number of amides is 1. The molecule has 8 nitrogen and oxygen atoms in total. The summed E-state index contributed by atoms with van der Waals surface area (Å²) in [5.41, 5.74) is 2.05. The topological polar surface area (TPSA) is 88.5 Å². The maximum Gasteiger partial charge on any atom is 0.295 e. The van der Waals surface area contributed by atoms with Crippen molar-refractivity contribution < 1.29 is 28.9 Å². The van der Waals surface area contributed by atoms with E-state index >= 15 is 0 Å². The molecular formula is C26H30N2O6. The molecule has 2 aliphatic rings. The molecule has 1 N–H and O–H groups in total. The summed E-state index contributed by atoms with van der Waals surface area (Å²) < 4.78 is 16.8. The first-order valence-electron chi connectivity index (χ1n) is 11.3. The number of hydrogen-bond acceptors (Lipinski definition) is 7. The fraction of sp³-hybridized carbons (Fsp3) is 0.385. The van der Waals surface area contributed by atoms with E-state index < -0.39 is 17.7 Å². The van der Waals surface area contributed by atoms with Crippen LogP contribution >= 0.6 is 0 Å². The van der Waals surface area contributed by atoms with E-state index in [4.69, 9.17) is 14.2 Å². The molecule has 180 valence electrons. The van der Waals surface area contributed by atoms with Gasteiger partial charge in [-0.05, 0) is 56.8 Å². The first kappa shape index (κ1) is 23.6. The number of hydrogen-bond donors (Lipinski definition) is 1. The summed E-state index contributed by atoms with van der Waals surface area (Å²) in [6.45, 7) is 1.51. The van der Waals surface area contributed by atoms with Gasteiger partial charge in [-0.2, -0.15) is 0 Å². The van der Waals surface area contributed by atoms with Crippen LogP contribution in [0.2, 0.25) is 0 Å². The van der Waals surface area contributed by atoms with Crippen molar-refractivity contribution in [1.29, 1.82) is 0 Å². The predicted octanol–water partition coefficient (Wildman–Crippen LogP) is 3.01. The number of benzene rings is 2. The van der Waals surface area contributed by atoms with Gasteiger partial charge in [-0.15, -0.1) is 0 Å².